The Kier molecular flexibility index (Phi) is 6.27. The summed E-state index contributed by atoms with van der Waals surface area (Å²) in [5, 5.41) is 3.71. The smallest absolute Gasteiger partial charge is 0.0397 e. The molecule has 1 saturated heterocycles. The van der Waals surface area contributed by atoms with E-state index in [1.54, 1.807) is 0 Å². The fourth-order valence-electron chi connectivity index (χ4n) is 2.76. The van der Waals surface area contributed by atoms with E-state index in [2.05, 4.69) is 46.3 Å². The van der Waals surface area contributed by atoms with Gasteiger partial charge in [0.2, 0.25) is 0 Å². The van der Waals surface area contributed by atoms with Crippen molar-refractivity contribution in [3.63, 3.8) is 0 Å². The number of nitrogens with zero attached hydrogens (tertiary/aromatic N) is 3. The summed E-state index contributed by atoms with van der Waals surface area (Å²) >= 11 is 0. The van der Waals surface area contributed by atoms with Gasteiger partial charge in [-0.05, 0) is 65.0 Å². The van der Waals surface area contributed by atoms with Crippen LogP contribution in [0.5, 0.6) is 0 Å². The van der Waals surface area contributed by atoms with E-state index < -0.39 is 0 Å². The Morgan fingerprint density at radius 1 is 1.20 bits per heavy atom. The summed E-state index contributed by atoms with van der Waals surface area (Å²) < 4.78 is 0. The monoisotopic (exact) mass is 276 g/mol. The molecule has 1 N–H and O–H groups in total. The number of aromatic nitrogens is 1. The van der Waals surface area contributed by atoms with E-state index in [9.17, 15) is 0 Å². The molecule has 2 heterocycles. The molecule has 0 aliphatic carbocycles. The number of anilines is 1. The molecule has 0 unspecified atom stereocenters. The molecular formula is C16H28N4. The molecule has 4 heteroatoms. The topological polar surface area (TPSA) is 31.4 Å². The zero-order chi connectivity index (χ0) is 14.2. The molecule has 0 saturated carbocycles. The van der Waals surface area contributed by atoms with Gasteiger partial charge in [0.15, 0.2) is 0 Å². The van der Waals surface area contributed by atoms with Crippen molar-refractivity contribution >= 4 is 5.69 Å². The predicted molar refractivity (Wildman–Crippen MR) is 85.3 cm³/mol. The molecule has 20 heavy (non-hydrogen) atoms. The molecule has 2 rings (SSSR count). The van der Waals surface area contributed by atoms with Crippen LogP contribution in [0.15, 0.2) is 24.5 Å². The molecule has 1 aliphatic heterocycles. The molecule has 4 nitrogen and oxygen atoms in total. The SMILES string of the molecule is CN(C)CCCCNC1CCN(c2ccncc2)CC1. The van der Waals surface area contributed by atoms with E-state index in [4.69, 9.17) is 0 Å². The highest BCUT2D eigenvalue weighted by atomic mass is 15.1. The average Bonchev–Trinajstić information content (AvgIpc) is 2.48. The van der Waals surface area contributed by atoms with Gasteiger partial charge in [0.1, 0.15) is 0 Å². The van der Waals surface area contributed by atoms with Crippen LogP contribution in [-0.4, -0.2) is 56.2 Å². The lowest BCUT2D eigenvalue weighted by Gasteiger charge is -2.34. The van der Waals surface area contributed by atoms with Crippen LogP contribution < -0.4 is 10.2 Å². The molecule has 1 aliphatic rings. The van der Waals surface area contributed by atoms with Crippen molar-refractivity contribution in [3.05, 3.63) is 24.5 Å². The Labute approximate surface area is 123 Å². The van der Waals surface area contributed by atoms with Crippen molar-refractivity contribution in [3.8, 4) is 0 Å². The molecular weight excluding hydrogens is 248 g/mol. The number of pyridine rings is 1. The summed E-state index contributed by atoms with van der Waals surface area (Å²) in [7, 11) is 4.28. The van der Waals surface area contributed by atoms with E-state index in [0.717, 1.165) is 19.6 Å². The summed E-state index contributed by atoms with van der Waals surface area (Å²) in [6.45, 7) is 4.66. The van der Waals surface area contributed by atoms with E-state index >= 15 is 0 Å². The van der Waals surface area contributed by atoms with E-state index in [1.165, 1.54) is 37.9 Å². The maximum Gasteiger partial charge on any atom is 0.0397 e. The van der Waals surface area contributed by atoms with Crippen LogP contribution >= 0.6 is 0 Å². The summed E-state index contributed by atoms with van der Waals surface area (Å²) in [4.78, 5) is 8.80. The van der Waals surface area contributed by atoms with Crippen molar-refractivity contribution in [2.75, 3.05) is 45.2 Å². The fraction of sp³-hybridized carbons (Fsp3) is 0.688. The molecule has 0 atom stereocenters. The molecule has 0 radical (unpaired) electrons. The van der Waals surface area contributed by atoms with Crippen LogP contribution in [0.3, 0.4) is 0 Å². The minimum Gasteiger partial charge on any atom is -0.371 e. The minimum absolute atomic E-state index is 0.701. The third-order valence-electron chi connectivity index (χ3n) is 3.99. The Morgan fingerprint density at radius 3 is 2.55 bits per heavy atom. The third kappa shape index (κ3) is 5.10. The number of piperidine rings is 1. The minimum atomic E-state index is 0.701. The van der Waals surface area contributed by atoms with Gasteiger partial charge in [-0.3, -0.25) is 4.98 Å². The standard InChI is InChI=1S/C16H28N4/c1-19(2)12-4-3-9-18-15-7-13-20(14-8-15)16-5-10-17-11-6-16/h5-6,10-11,15,18H,3-4,7-9,12-14H2,1-2H3. The maximum absolute atomic E-state index is 4.08. The van der Waals surface area contributed by atoms with Crippen LogP contribution in [0.4, 0.5) is 5.69 Å². The first kappa shape index (κ1) is 15.3. The quantitative estimate of drug-likeness (QED) is 0.772. The van der Waals surface area contributed by atoms with Crippen LogP contribution in [-0.2, 0) is 0 Å². The second-order valence-corrected chi connectivity index (χ2v) is 5.93. The van der Waals surface area contributed by atoms with Gasteiger partial charge in [0.05, 0.1) is 0 Å². The summed E-state index contributed by atoms with van der Waals surface area (Å²) in [5.74, 6) is 0. The van der Waals surface area contributed by atoms with Crippen molar-refractivity contribution in [1.82, 2.24) is 15.2 Å². The zero-order valence-corrected chi connectivity index (χ0v) is 12.9. The van der Waals surface area contributed by atoms with Gasteiger partial charge in [-0.25, -0.2) is 0 Å². The fourth-order valence-corrected chi connectivity index (χ4v) is 2.76. The highest BCUT2D eigenvalue weighted by Crippen LogP contribution is 2.18. The molecule has 1 fully saturated rings. The molecule has 0 spiro atoms. The molecule has 0 bridgehead atoms. The lowest BCUT2D eigenvalue weighted by Crippen LogP contribution is -2.42. The predicted octanol–water partition coefficient (Wildman–Crippen LogP) is 1.98. The lowest BCUT2D eigenvalue weighted by molar-refractivity contribution is 0.375. The molecule has 0 aromatic carbocycles. The second-order valence-electron chi connectivity index (χ2n) is 5.93. The van der Waals surface area contributed by atoms with Gasteiger partial charge in [0, 0.05) is 37.2 Å². The van der Waals surface area contributed by atoms with Crippen LogP contribution in [0.25, 0.3) is 0 Å². The summed E-state index contributed by atoms with van der Waals surface area (Å²) in [5.41, 5.74) is 1.31. The van der Waals surface area contributed by atoms with Crippen molar-refractivity contribution in [2.45, 2.75) is 31.7 Å². The third-order valence-corrected chi connectivity index (χ3v) is 3.99. The zero-order valence-electron chi connectivity index (χ0n) is 12.9. The van der Waals surface area contributed by atoms with Gasteiger partial charge in [-0.1, -0.05) is 0 Å². The molecule has 112 valence electrons. The van der Waals surface area contributed by atoms with Gasteiger partial charge in [-0.15, -0.1) is 0 Å². The van der Waals surface area contributed by atoms with Crippen LogP contribution in [0.2, 0.25) is 0 Å². The largest absolute Gasteiger partial charge is 0.371 e. The van der Waals surface area contributed by atoms with E-state index in [1.807, 2.05) is 12.4 Å². The lowest BCUT2D eigenvalue weighted by atomic mass is 10.0. The van der Waals surface area contributed by atoms with Gasteiger partial charge >= 0.3 is 0 Å². The van der Waals surface area contributed by atoms with E-state index in [-0.39, 0.29) is 0 Å². The Balaban J connectivity index is 1.60. The highest BCUT2D eigenvalue weighted by molar-refractivity contribution is 5.44. The summed E-state index contributed by atoms with van der Waals surface area (Å²) in [6.07, 6.45) is 8.82. The number of nitrogens with one attached hydrogen (secondary N) is 1. The number of hydrogen-bond acceptors (Lipinski definition) is 4. The first-order chi connectivity index (χ1) is 9.75. The van der Waals surface area contributed by atoms with Gasteiger partial charge in [-0.2, -0.15) is 0 Å². The van der Waals surface area contributed by atoms with Crippen molar-refractivity contribution in [1.29, 1.82) is 0 Å². The first-order valence-electron chi connectivity index (χ1n) is 7.79. The normalized spacial score (nSPS) is 16.9. The summed E-state index contributed by atoms with van der Waals surface area (Å²) in [6, 6.07) is 4.91. The number of rotatable bonds is 7. The number of unbranched alkanes of at least 4 members (excludes halogenated alkanes) is 1. The van der Waals surface area contributed by atoms with Crippen molar-refractivity contribution < 1.29 is 0 Å². The number of hydrogen-bond donors (Lipinski definition) is 1. The van der Waals surface area contributed by atoms with E-state index in [0.29, 0.717) is 6.04 Å². The average molecular weight is 276 g/mol. The maximum atomic E-state index is 4.08. The first-order valence-corrected chi connectivity index (χ1v) is 7.79. The van der Waals surface area contributed by atoms with Gasteiger partial charge < -0.3 is 15.1 Å². The van der Waals surface area contributed by atoms with Gasteiger partial charge in [0.25, 0.3) is 0 Å². The Bertz CT molecular complexity index is 358. The molecule has 1 aromatic rings. The van der Waals surface area contributed by atoms with Crippen molar-refractivity contribution in [2.24, 2.45) is 0 Å². The molecule has 1 aromatic heterocycles. The van der Waals surface area contributed by atoms with Crippen LogP contribution in [0.1, 0.15) is 25.7 Å². The Hall–Kier alpha value is -1.13. The Morgan fingerprint density at radius 2 is 1.90 bits per heavy atom. The van der Waals surface area contributed by atoms with Crippen LogP contribution in [0, 0.1) is 0 Å². The highest BCUT2D eigenvalue weighted by Gasteiger charge is 2.18. The molecule has 0 amide bonds. The second kappa shape index (κ2) is 8.22.